The van der Waals surface area contributed by atoms with Gasteiger partial charge in [-0.2, -0.15) is 0 Å². The Kier molecular flexibility index (Phi) is 4.93. The Balaban J connectivity index is 2.81. The molecule has 1 aliphatic rings. The molecule has 1 aliphatic heterocycles. The Bertz CT molecular complexity index is 293. The van der Waals surface area contributed by atoms with Crippen molar-refractivity contribution in [3.05, 3.63) is 0 Å². The lowest BCUT2D eigenvalue weighted by atomic mass is 10.1. The van der Waals surface area contributed by atoms with Crippen LogP contribution >= 0.6 is 0 Å². The van der Waals surface area contributed by atoms with E-state index in [1.54, 1.807) is 11.9 Å². The number of carboxylic acids is 1. The van der Waals surface area contributed by atoms with Crippen molar-refractivity contribution in [1.29, 1.82) is 0 Å². The van der Waals surface area contributed by atoms with Crippen molar-refractivity contribution in [1.82, 2.24) is 9.80 Å². The zero-order chi connectivity index (χ0) is 13.0. The lowest BCUT2D eigenvalue weighted by Gasteiger charge is -2.32. The molecule has 0 bridgehead atoms. The standard InChI is InChI=1S/C12H22N2O3/c1-4-14-9(2)7-8-13(3)12(17)10(14)5-6-11(15)16/h9-10H,4-8H2,1-3H3,(H,15,16). The number of carboxylic acid groups (broad SMARTS) is 1. The topological polar surface area (TPSA) is 60.9 Å². The van der Waals surface area contributed by atoms with Crippen molar-refractivity contribution < 1.29 is 14.7 Å². The normalized spacial score (nSPS) is 27.0. The van der Waals surface area contributed by atoms with Gasteiger partial charge >= 0.3 is 5.97 Å². The van der Waals surface area contributed by atoms with E-state index in [0.717, 1.165) is 19.5 Å². The van der Waals surface area contributed by atoms with Crippen LogP contribution in [0.15, 0.2) is 0 Å². The number of nitrogens with zero attached hydrogens (tertiary/aromatic N) is 2. The van der Waals surface area contributed by atoms with Crippen LogP contribution in [0.25, 0.3) is 0 Å². The molecule has 1 heterocycles. The monoisotopic (exact) mass is 242 g/mol. The molecular formula is C12H22N2O3. The number of carbonyl (C=O) groups excluding carboxylic acids is 1. The second kappa shape index (κ2) is 6.00. The molecule has 1 amide bonds. The zero-order valence-electron chi connectivity index (χ0n) is 10.8. The summed E-state index contributed by atoms with van der Waals surface area (Å²) in [6.45, 7) is 5.65. The minimum atomic E-state index is -0.839. The van der Waals surface area contributed by atoms with Crippen molar-refractivity contribution in [2.24, 2.45) is 0 Å². The van der Waals surface area contributed by atoms with Crippen molar-refractivity contribution in [2.45, 2.75) is 45.2 Å². The van der Waals surface area contributed by atoms with Gasteiger partial charge in [0.15, 0.2) is 0 Å². The molecule has 17 heavy (non-hydrogen) atoms. The van der Waals surface area contributed by atoms with Crippen molar-refractivity contribution in [3.8, 4) is 0 Å². The first-order chi connectivity index (χ1) is 7.97. The molecule has 0 radical (unpaired) electrons. The molecule has 1 fully saturated rings. The maximum absolute atomic E-state index is 12.2. The van der Waals surface area contributed by atoms with E-state index in [1.807, 2.05) is 6.92 Å². The van der Waals surface area contributed by atoms with Crippen LogP contribution in [0, 0.1) is 0 Å². The first-order valence-corrected chi connectivity index (χ1v) is 6.19. The average Bonchev–Trinajstić information content (AvgIpc) is 2.38. The Morgan fingerprint density at radius 1 is 1.53 bits per heavy atom. The highest BCUT2D eigenvalue weighted by atomic mass is 16.4. The lowest BCUT2D eigenvalue weighted by molar-refractivity contribution is -0.138. The van der Waals surface area contributed by atoms with Gasteiger partial charge in [-0.1, -0.05) is 6.92 Å². The number of hydrogen-bond acceptors (Lipinski definition) is 3. The van der Waals surface area contributed by atoms with Crippen LogP contribution < -0.4 is 0 Å². The molecule has 98 valence electrons. The van der Waals surface area contributed by atoms with Gasteiger partial charge in [0.05, 0.1) is 6.04 Å². The quantitative estimate of drug-likeness (QED) is 0.792. The van der Waals surface area contributed by atoms with Gasteiger partial charge in [-0.25, -0.2) is 0 Å². The number of aliphatic carboxylic acids is 1. The Hall–Kier alpha value is -1.10. The third-order valence-corrected chi connectivity index (χ3v) is 3.51. The van der Waals surface area contributed by atoms with E-state index >= 15 is 0 Å². The second-order valence-corrected chi connectivity index (χ2v) is 4.68. The van der Waals surface area contributed by atoms with E-state index in [9.17, 15) is 9.59 Å². The SMILES string of the molecule is CCN1C(C)CCN(C)C(=O)C1CCC(=O)O. The number of hydrogen-bond donors (Lipinski definition) is 1. The molecule has 2 atom stereocenters. The number of rotatable bonds is 4. The van der Waals surface area contributed by atoms with Crippen LogP contribution in [-0.2, 0) is 9.59 Å². The summed E-state index contributed by atoms with van der Waals surface area (Å²) in [5.74, 6) is -0.786. The molecule has 1 N–H and O–H groups in total. The van der Waals surface area contributed by atoms with E-state index in [4.69, 9.17) is 5.11 Å². The Morgan fingerprint density at radius 3 is 2.71 bits per heavy atom. The summed E-state index contributed by atoms with van der Waals surface area (Å²) in [5.41, 5.74) is 0. The molecule has 0 aliphatic carbocycles. The lowest BCUT2D eigenvalue weighted by Crippen LogP contribution is -2.47. The minimum Gasteiger partial charge on any atom is -0.481 e. The van der Waals surface area contributed by atoms with Crippen molar-refractivity contribution in [3.63, 3.8) is 0 Å². The predicted molar refractivity (Wildman–Crippen MR) is 64.8 cm³/mol. The molecule has 0 aromatic rings. The molecule has 0 aromatic heterocycles. The fourth-order valence-corrected chi connectivity index (χ4v) is 2.44. The van der Waals surface area contributed by atoms with E-state index in [2.05, 4.69) is 11.8 Å². The molecule has 0 saturated carbocycles. The van der Waals surface area contributed by atoms with Crippen molar-refractivity contribution in [2.75, 3.05) is 20.1 Å². The van der Waals surface area contributed by atoms with Crippen LogP contribution in [-0.4, -0.2) is 59.0 Å². The largest absolute Gasteiger partial charge is 0.481 e. The maximum Gasteiger partial charge on any atom is 0.303 e. The smallest absolute Gasteiger partial charge is 0.303 e. The van der Waals surface area contributed by atoms with Crippen LogP contribution in [0.4, 0.5) is 0 Å². The predicted octanol–water partition coefficient (Wildman–Crippen LogP) is 0.792. The van der Waals surface area contributed by atoms with E-state index in [1.165, 1.54) is 0 Å². The summed E-state index contributed by atoms with van der Waals surface area (Å²) in [6.07, 6.45) is 1.39. The first-order valence-electron chi connectivity index (χ1n) is 6.19. The summed E-state index contributed by atoms with van der Waals surface area (Å²) in [5, 5.41) is 8.75. The average molecular weight is 242 g/mol. The molecule has 5 nitrogen and oxygen atoms in total. The maximum atomic E-state index is 12.2. The number of likely N-dealkylation sites (N-methyl/N-ethyl adjacent to an activating group) is 2. The third-order valence-electron chi connectivity index (χ3n) is 3.51. The van der Waals surface area contributed by atoms with E-state index in [-0.39, 0.29) is 18.4 Å². The summed E-state index contributed by atoms with van der Waals surface area (Å²) in [6, 6.07) is 0.0475. The van der Waals surface area contributed by atoms with Crippen LogP contribution in [0.3, 0.4) is 0 Å². The summed E-state index contributed by atoms with van der Waals surface area (Å²) < 4.78 is 0. The van der Waals surface area contributed by atoms with Gasteiger partial charge in [0.25, 0.3) is 0 Å². The number of amides is 1. The third kappa shape index (κ3) is 3.43. The van der Waals surface area contributed by atoms with Gasteiger partial charge in [0.2, 0.25) is 5.91 Å². The van der Waals surface area contributed by atoms with Crippen molar-refractivity contribution >= 4 is 11.9 Å². The van der Waals surface area contributed by atoms with Gasteiger partial charge in [0.1, 0.15) is 0 Å². The molecule has 1 rings (SSSR count). The van der Waals surface area contributed by atoms with Gasteiger partial charge in [-0.3, -0.25) is 14.5 Å². The highest BCUT2D eigenvalue weighted by Crippen LogP contribution is 2.19. The van der Waals surface area contributed by atoms with E-state index in [0.29, 0.717) is 12.5 Å². The Labute approximate surface area is 102 Å². The van der Waals surface area contributed by atoms with Gasteiger partial charge in [0, 0.05) is 26.1 Å². The van der Waals surface area contributed by atoms with E-state index < -0.39 is 5.97 Å². The fourth-order valence-electron chi connectivity index (χ4n) is 2.44. The molecule has 5 heteroatoms. The molecule has 2 unspecified atom stereocenters. The van der Waals surface area contributed by atoms with Crippen LogP contribution in [0.1, 0.15) is 33.1 Å². The second-order valence-electron chi connectivity index (χ2n) is 4.68. The zero-order valence-corrected chi connectivity index (χ0v) is 10.8. The summed E-state index contributed by atoms with van der Waals surface area (Å²) in [7, 11) is 1.79. The Morgan fingerprint density at radius 2 is 2.18 bits per heavy atom. The molecule has 1 saturated heterocycles. The highest BCUT2D eigenvalue weighted by Gasteiger charge is 2.33. The molecule has 0 spiro atoms. The van der Waals surface area contributed by atoms with Crippen LogP contribution in [0.5, 0.6) is 0 Å². The molecule has 0 aromatic carbocycles. The summed E-state index contributed by atoms with van der Waals surface area (Å²) in [4.78, 5) is 26.7. The van der Waals surface area contributed by atoms with Gasteiger partial charge in [-0.15, -0.1) is 0 Å². The first kappa shape index (κ1) is 14.0. The van der Waals surface area contributed by atoms with Crippen LogP contribution in [0.2, 0.25) is 0 Å². The van der Waals surface area contributed by atoms with Gasteiger partial charge in [-0.05, 0) is 26.3 Å². The van der Waals surface area contributed by atoms with Gasteiger partial charge < -0.3 is 10.0 Å². The number of carbonyl (C=O) groups is 2. The highest BCUT2D eigenvalue weighted by molar-refractivity contribution is 5.82. The fraction of sp³-hybridized carbons (Fsp3) is 0.833. The summed E-state index contributed by atoms with van der Waals surface area (Å²) >= 11 is 0. The minimum absolute atomic E-state index is 0.0491. The molecular weight excluding hydrogens is 220 g/mol.